The van der Waals surface area contributed by atoms with Crippen molar-refractivity contribution in [1.29, 1.82) is 0 Å². The van der Waals surface area contributed by atoms with Gasteiger partial charge in [-0.25, -0.2) is 0 Å². The van der Waals surface area contributed by atoms with Crippen LogP contribution in [0.5, 0.6) is 23.0 Å². The van der Waals surface area contributed by atoms with Gasteiger partial charge in [0.2, 0.25) is 0 Å². The van der Waals surface area contributed by atoms with E-state index >= 15 is 0 Å². The van der Waals surface area contributed by atoms with Crippen molar-refractivity contribution in [2.24, 2.45) is 0 Å². The Morgan fingerprint density at radius 3 is 2.45 bits per heavy atom. The Morgan fingerprint density at radius 2 is 1.70 bits per heavy atom. The fourth-order valence-corrected chi connectivity index (χ4v) is 4.20. The van der Waals surface area contributed by atoms with E-state index in [2.05, 4.69) is 52.4 Å². The van der Waals surface area contributed by atoms with E-state index in [1.807, 2.05) is 24.3 Å². The third kappa shape index (κ3) is 5.99. The molecule has 1 unspecified atom stereocenters. The first kappa shape index (κ1) is 23.4. The molecule has 3 aromatic rings. The fourth-order valence-electron chi connectivity index (χ4n) is 3.60. The number of hydrogen-bond acceptors (Lipinski definition) is 6. The van der Waals surface area contributed by atoms with Gasteiger partial charge in [0.25, 0.3) is 0 Å². The van der Waals surface area contributed by atoms with Crippen LogP contribution in [0.3, 0.4) is 0 Å². The summed E-state index contributed by atoms with van der Waals surface area (Å²) in [5.41, 5.74) is 4.25. The number of rotatable bonds is 9. The molecule has 3 aromatic carbocycles. The minimum atomic E-state index is -0.826. The van der Waals surface area contributed by atoms with Gasteiger partial charge in [0, 0.05) is 13.1 Å². The second-order valence-electron chi connectivity index (χ2n) is 7.93. The molecule has 7 heteroatoms. The van der Waals surface area contributed by atoms with Crippen LogP contribution in [0.25, 0.3) is 0 Å². The zero-order valence-electron chi connectivity index (χ0n) is 18.8. The Labute approximate surface area is 202 Å². The molecule has 4 rings (SSSR count). The topological polar surface area (TPSA) is 69.2 Å². The molecule has 0 saturated heterocycles. The predicted molar refractivity (Wildman–Crippen MR) is 130 cm³/mol. The van der Waals surface area contributed by atoms with Gasteiger partial charge in [-0.1, -0.05) is 35.9 Å². The summed E-state index contributed by atoms with van der Waals surface area (Å²) in [7, 11) is 1.61. The number of benzene rings is 3. The van der Waals surface area contributed by atoms with E-state index in [1.165, 1.54) is 11.1 Å². The van der Waals surface area contributed by atoms with Crippen LogP contribution in [0.1, 0.15) is 28.4 Å². The van der Waals surface area contributed by atoms with Crippen molar-refractivity contribution >= 4 is 15.9 Å². The van der Waals surface area contributed by atoms with Crippen LogP contribution in [0.4, 0.5) is 0 Å². The summed E-state index contributed by atoms with van der Waals surface area (Å²) in [5.74, 6) is 2.48. The van der Waals surface area contributed by atoms with Crippen LogP contribution < -0.4 is 24.3 Å². The molecule has 0 spiro atoms. The quantitative estimate of drug-likeness (QED) is 0.422. The second-order valence-corrected chi connectivity index (χ2v) is 8.78. The summed E-state index contributed by atoms with van der Waals surface area (Å²) in [6, 6.07) is 17.8. The third-order valence-corrected chi connectivity index (χ3v) is 5.99. The number of ether oxygens (including phenoxy) is 4. The van der Waals surface area contributed by atoms with Crippen molar-refractivity contribution in [3.63, 3.8) is 0 Å². The van der Waals surface area contributed by atoms with Gasteiger partial charge in [0.1, 0.15) is 25.9 Å². The van der Waals surface area contributed by atoms with E-state index in [0.717, 1.165) is 16.6 Å². The van der Waals surface area contributed by atoms with Crippen molar-refractivity contribution in [1.82, 2.24) is 5.32 Å². The molecule has 0 amide bonds. The fraction of sp³-hybridized carbons (Fsp3) is 0.308. The molecule has 0 aliphatic carbocycles. The Morgan fingerprint density at radius 1 is 0.970 bits per heavy atom. The smallest absolute Gasteiger partial charge is 0.175 e. The maximum Gasteiger partial charge on any atom is 0.175 e. The number of nitrogens with one attached hydrogen (secondary N) is 1. The Kier molecular flexibility index (Phi) is 7.75. The zero-order valence-corrected chi connectivity index (χ0v) is 20.4. The molecule has 0 radical (unpaired) electrons. The number of aliphatic hydroxyl groups excluding tert-OH is 1. The van der Waals surface area contributed by atoms with Gasteiger partial charge in [0.05, 0.1) is 11.6 Å². The monoisotopic (exact) mass is 513 g/mol. The van der Waals surface area contributed by atoms with Crippen LogP contribution in [0.2, 0.25) is 0 Å². The van der Waals surface area contributed by atoms with Gasteiger partial charge in [-0.2, -0.15) is 0 Å². The lowest BCUT2D eigenvalue weighted by Gasteiger charge is -2.21. The average molecular weight is 514 g/mol. The molecule has 6 nitrogen and oxygen atoms in total. The van der Waals surface area contributed by atoms with Crippen LogP contribution >= 0.6 is 15.9 Å². The second kappa shape index (κ2) is 10.9. The number of hydrogen-bond donors (Lipinski definition) is 2. The molecular formula is C26H28BrNO5. The lowest BCUT2D eigenvalue weighted by Crippen LogP contribution is -2.16. The molecule has 0 aromatic heterocycles. The zero-order chi connectivity index (χ0) is 23.2. The molecule has 1 atom stereocenters. The number of aliphatic hydroxyl groups is 1. The van der Waals surface area contributed by atoms with Gasteiger partial charge in [0.15, 0.2) is 23.0 Å². The molecule has 0 saturated carbocycles. The van der Waals surface area contributed by atoms with Crippen molar-refractivity contribution in [3.8, 4) is 23.0 Å². The first-order chi connectivity index (χ1) is 16.0. The van der Waals surface area contributed by atoms with E-state index in [4.69, 9.17) is 18.9 Å². The summed E-state index contributed by atoms with van der Waals surface area (Å²) in [5, 5.41) is 14.1. The van der Waals surface area contributed by atoms with Crippen LogP contribution in [-0.4, -0.2) is 32.0 Å². The largest absolute Gasteiger partial charge is 0.493 e. The normalized spacial score (nSPS) is 13.5. The molecule has 174 valence electrons. The maximum atomic E-state index is 10.6. The molecular weight excluding hydrogens is 486 g/mol. The highest BCUT2D eigenvalue weighted by molar-refractivity contribution is 9.10. The molecule has 1 heterocycles. The SMILES string of the molecule is COc1cc(CNCc2ccc(C)cc2)cc(Br)c1OCC(O)c1ccc2c(c1)OCCO2. The van der Waals surface area contributed by atoms with Gasteiger partial charge >= 0.3 is 0 Å². The van der Waals surface area contributed by atoms with E-state index in [-0.39, 0.29) is 6.61 Å². The highest BCUT2D eigenvalue weighted by Gasteiger charge is 2.18. The predicted octanol–water partition coefficient (Wildman–Crippen LogP) is 4.94. The Bertz CT molecular complexity index is 1090. The minimum Gasteiger partial charge on any atom is -0.493 e. The average Bonchev–Trinajstić information content (AvgIpc) is 2.83. The maximum absolute atomic E-state index is 10.6. The van der Waals surface area contributed by atoms with Gasteiger partial charge in [-0.05, 0) is 63.8 Å². The summed E-state index contributed by atoms with van der Waals surface area (Å²) >= 11 is 3.59. The van der Waals surface area contributed by atoms with Crippen molar-refractivity contribution in [2.45, 2.75) is 26.1 Å². The van der Waals surface area contributed by atoms with Crippen LogP contribution in [0.15, 0.2) is 59.1 Å². The lowest BCUT2D eigenvalue weighted by atomic mass is 10.1. The molecule has 1 aliphatic heterocycles. The minimum absolute atomic E-state index is 0.0691. The summed E-state index contributed by atoms with van der Waals surface area (Å²) < 4.78 is 23.4. The molecule has 1 aliphatic rings. The Balaban J connectivity index is 1.37. The van der Waals surface area contributed by atoms with Crippen molar-refractivity contribution in [3.05, 3.63) is 81.3 Å². The lowest BCUT2D eigenvalue weighted by molar-refractivity contribution is 0.105. The van der Waals surface area contributed by atoms with Gasteiger partial charge in [-0.3, -0.25) is 0 Å². The Hall–Kier alpha value is -2.74. The molecule has 2 N–H and O–H groups in total. The number of aryl methyl sites for hydroxylation is 1. The van der Waals surface area contributed by atoms with E-state index in [1.54, 1.807) is 13.2 Å². The molecule has 33 heavy (non-hydrogen) atoms. The van der Waals surface area contributed by atoms with Gasteiger partial charge < -0.3 is 29.4 Å². The van der Waals surface area contributed by atoms with Crippen LogP contribution in [-0.2, 0) is 13.1 Å². The highest BCUT2D eigenvalue weighted by atomic mass is 79.9. The first-order valence-electron chi connectivity index (χ1n) is 10.9. The first-order valence-corrected chi connectivity index (χ1v) is 11.7. The van der Waals surface area contributed by atoms with E-state index in [0.29, 0.717) is 48.3 Å². The van der Waals surface area contributed by atoms with Crippen molar-refractivity contribution < 1.29 is 24.1 Å². The van der Waals surface area contributed by atoms with E-state index < -0.39 is 6.10 Å². The summed E-state index contributed by atoms with van der Waals surface area (Å²) in [6.07, 6.45) is -0.826. The number of fused-ring (bicyclic) bond motifs is 1. The molecule has 0 fully saturated rings. The summed E-state index contributed by atoms with van der Waals surface area (Å²) in [6.45, 7) is 4.64. The van der Waals surface area contributed by atoms with Gasteiger partial charge in [-0.15, -0.1) is 0 Å². The molecule has 0 bridgehead atoms. The number of methoxy groups -OCH3 is 1. The third-order valence-electron chi connectivity index (χ3n) is 5.40. The standard InChI is InChI=1S/C26H28BrNO5/c1-17-3-5-18(6-4-17)14-28-15-19-11-21(27)26(25(12-19)30-2)33-16-22(29)20-7-8-23-24(13-20)32-10-9-31-23/h3-8,11-13,22,28-29H,9-10,14-16H2,1-2H3. The van der Waals surface area contributed by atoms with Crippen molar-refractivity contribution in [2.75, 3.05) is 26.9 Å². The number of halogens is 1. The highest BCUT2D eigenvalue weighted by Crippen LogP contribution is 2.38. The van der Waals surface area contributed by atoms with Crippen LogP contribution in [0, 0.1) is 6.92 Å². The van der Waals surface area contributed by atoms with E-state index in [9.17, 15) is 5.11 Å². The summed E-state index contributed by atoms with van der Waals surface area (Å²) in [4.78, 5) is 0.